The molecule has 1 N–H and O–H groups in total. The molecular weight excluding hydrogens is 528 g/mol. The molecule has 1 aliphatic heterocycles. The Morgan fingerprint density at radius 2 is 1.30 bits per heavy atom. The highest BCUT2D eigenvalue weighted by molar-refractivity contribution is 6.32. The lowest BCUT2D eigenvalue weighted by atomic mass is 9.91. The van der Waals surface area contributed by atoms with Crippen LogP contribution in [0.25, 0.3) is 44.9 Å². The topological polar surface area (TPSA) is 58.8 Å². The van der Waals surface area contributed by atoms with Crippen LogP contribution in [0.1, 0.15) is 5.69 Å². The lowest BCUT2D eigenvalue weighted by Gasteiger charge is -2.19. The molecule has 1 aliphatic carbocycles. The minimum absolute atomic E-state index is 0.0820. The fourth-order valence-corrected chi connectivity index (χ4v) is 5.44. The zero-order valence-electron chi connectivity index (χ0n) is 23.3. The van der Waals surface area contributed by atoms with E-state index in [1.807, 2.05) is 116 Å². The fraction of sp³-hybridized carbons (Fsp3) is 0. The molecule has 0 unspecified atom stereocenters. The standard InChI is InChI=1S/C38H26N4O/c43-38-32(34-15-7-9-19-40-34)25-31(26-33(38)35-16-8-10-20-41-35)42-36(28-11-3-1-4-12-28)23-30(27-17-21-39-22-18-27)24-37(42)29-13-5-2-6-14-29/h1-26H/p+1. The maximum Gasteiger partial charge on any atom is 0.219 e. The van der Waals surface area contributed by atoms with Gasteiger partial charge in [0.2, 0.25) is 17.1 Å². The minimum Gasteiger partial charge on any atom is -0.361 e. The largest absolute Gasteiger partial charge is 0.361 e. The van der Waals surface area contributed by atoms with E-state index in [1.54, 1.807) is 6.20 Å². The molecule has 2 aliphatic rings. The van der Waals surface area contributed by atoms with E-state index >= 15 is 0 Å². The Balaban J connectivity index is 1.57. The third-order valence-electron chi connectivity index (χ3n) is 7.49. The number of carbonyl (C=O) groups is 1. The van der Waals surface area contributed by atoms with Crippen molar-refractivity contribution < 1.29 is 9.36 Å². The van der Waals surface area contributed by atoms with Crippen molar-refractivity contribution in [3.63, 3.8) is 0 Å². The molecule has 0 fully saturated rings. The number of Topliss-reactive ketones (excluding diaryl/α,β-unsaturated/α-hetero) is 1. The third kappa shape index (κ3) is 5.16. The molecule has 5 nitrogen and oxygen atoms in total. The van der Waals surface area contributed by atoms with Gasteiger partial charge in [-0.15, -0.1) is 0 Å². The van der Waals surface area contributed by atoms with Gasteiger partial charge in [-0.2, -0.15) is 4.57 Å². The second-order valence-electron chi connectivity index (χ2n) is 10.2. The van der Waals surface area contributed by atoms with Gasteiger partial charge in [0.1, 0.15) is 0 Å². The Labute approximate surface area is 250 Å². The number of nitrogens with one attached hydrogen (secondary N) is 1. The summed E-state index contributed by atoms with van der Waals surface area (Å²) in [5.41, 5.74) is 9.54. The molecule has 0 amide bonds. The van der Waals surface area contributed by atoms with Crippen LogP contribution in [-0.4, -0.2) is 15.8 Å². The first-order valence-corrected chi connectivity index (χ1v) is 14.1. The van der Waals surface area contributed by atoms with Crippen molar-refractivity contribution in [2.75, 3.05) is 0 Å². The monoisotopic (exact) mass is 555 g/mol. The summed E-state index contributed by atoms with van der Waals surface area (Å²) in [5.74, 6) is -0.0820. The van der Waals surface area contributed by atoms with Crippen LogP contribution in [0.2, 0.25) is 0 Å². The van der Waals surface area contributed by atoms with Crippen LogP contribution >= 0.6 is 0 Å². The Bertz CT molecular complexity index is 1910. The second-order valence-corrected chi connectivity index (χ2v) is 10.2. The summed E-state index contributed by atoms with van der Waals surface area (Å²) in [7, 11) is 0. The Morgan fingerprint density at radius 3 is 1.91 bits per heavy atom. The van der Waals surface area contributed by atoms with E-state index in [-0.39, 0.29) is 5.78 Å². The van der Waals surface area contributed by atoms with Crippen molar-refractivity contribution in [1.29, 1.82) is 0 Å². The minimum atomic E-state index is -0.0820. The van der Waals surface area contributed by atoms with Gasteiger partial charge in [-0.05, 0) is 71.8 Å². The molecule has 0 bridgehead atoms. The van der Waals surface area contributed by atoms with Crippen molar-refractivity contribution in [1.82, 2.24) is 15.3 Å². The number of rotatable bonds is 5. The number of dihydropyridines is 1. The van der Waals surface area contributed by atoms with Crippen LogP contribution in [0, 0.1) is 0 Å². The average molecular weight is 556 g/mol. The molecule has 204 valence electrons. The van der Waals surface area contributed by atoms with Gasteiger partial charge in [0, 0.05) is 65.9 Å². The molecule has 2 aromatic carbocycles. The number of hydrogen-bond acceptors (Lipinski definition) is 4. The Hall–Kier alpha value is -5.94. The number of aromatic nitrogens is 3. The highest BCUT2D eigenvalue weighted by Crippen LogP contribution is 2.34. The van der Waals surface area contributed by atoms with Gasteiger partial charge >= 0.3 is 0 Å². The highest BCUT2D eigenvalue weighted by Gasteiger charge is 2.32. The molecule has 0 radical (unpaired) electrons. The molecule has 0 atom stereocenters. The normalized spacial score (nSPS) is 16.0. The van der Waals surface area contributed by atoms with Gasteiger partial charge in [0.15, 0.2) is 5.78 Å². The SMILES string of the molecule is O=C1C(c2ccccn2)=CC([n+]2c(-c3ccccc3)cc(-c3ccncc3)cc2-c2ccccc2)=CC1=C1C=CC=CN1. The van der Waals surface area contributed by atoms with E-state index in [9.17, 15) is 4.79 Å². The van der Waals surface area contributed by atoms with Gasteiger partial charge in [-0.1, -0.05) is 48.5 Å². The van der Waals surface area contributed by atoms with E-state index < -0.39 is 0 Å². The number of ketones is 1. The predicted molar refractivity (Wildman–Crippen MR) is 171 cm³/mol. The average Bonchev–Trinajstić information content (AvgIpc) is 3.10. The van der Waals surface area contributed by atoms with Crippen LogP contribution in [0.5, 0.6) is 0 Å². The first-order valence-electron chi connectivity index (χ1n) is 14.1. The lowest BCUT2D eigenvalue weighted by Crippen LogP contribution is -2.39. The number of nitrogens with zero attached hydrogens (tertiary/aromatic N) is 3. The number of benzene rings is 2. The first kappa shape index (κ1) is 26.0. The van der Waals surface area contributed by atoms with Gasteiger partial charge in [-0.3, -0.25) is 14.8 Å². The third-order valence-corrected chi connectivity index (χ3v) is 7.49. The number of allylic oxidation sites excluding steroid dienone is 8. The first-order chi connectivity index (χ1) is 21.3. The van der Waals surface area contributed by atoms with Crippen molar-refractivity contribution >= 4 is 17.1 Å². The smallest absolute Gasteiger partial charge is 0.219 e. The molecule has 0 saturated heterocycles. The Morgan fingerprint density at radius 1 is 0.628 bits per heavy atom. The quantitative estimate of drug-likeness (QED) is 0.184. The number of carbonyl (C=O) groups excluding carboxylic acids is 1. The van der Waals surface area contributed by atoms with Gasteiger partial charge in [0.25, 0.3) is 0 Å². The Kier molecular flexibility index (Phi) is 6.96. The van der Waals surface area contributed by atoms with Crippen LogP contribution in [-0.2, 0) is 4.79 Å². The highest BCUT2D eigenvalue weighted by atomic mass is 16.1. The molecule has 0 saturated carbocycles. The van der Waals surface area contributed by atoms with E-state index in [0.717, 1.165) is 45.0 Å². The van der Waals surface area contributed by atoms with Crippen molar-refractivity contribution in [3.8, 4) is 33.6 Å². The summed E-state index contributed by atoms with van der Waals surface area (Å²) in [6, 6.07) is 34.8. The molecule has 0 spiro atoms. The van der Waals surface area contributed by atoms with E-state index in [0.29, 0.717) is 16.8 Å². The number of pyridine rings is 3. The van der Waals surface area contributed by atoms with Crippen LogP contribution in [0.3, 0.4) is 0 Å². The molecule has 5 heteroatoms. The molecule has 3 aromatic heterocycles. The summed E-state index contributed by atoms with van der Waals surface area (Å²) in [6.45, 7) is 0. The van der Waals surface area contributed by atoms with Crippen molar-refractivity contribution in [3.05, 3.63) is 175 Å². The predicted octanol–water partition coefficient (Wildman–Crippen LogP) is 7.20. The van der Waals surface area contributed by atoms with Gasteiger partial charge in [-0.25, -0.2) is 0 Å². The zero-order valence-corrected chi connectivity index (χ0v) is 23.3. The van der Waals surface area contributed by atoms with E-state index in [2.05, 4.69) is 56.3 Å². The maximum atomic E-state index is 14.0. The lowest BCUT2D eigenvalue weighted by molar-refractivity contribution is -0.554. The fourth-order valence-electron chi connectivity index (χ4n) is 5.44. The molecular formula is C38H27N4O+. The maximum absolute atomic E-state index is 14.0. The molecule has 4 heterocycles. The summed E-state index contributed by atoms with van der Waals surface area (Å²) >= 11 is 0. The van der Waals surface area contributed by atoms with Crippen molar-refractivity contribution in [2.45, 2.75) is 0 Å². The van der Waals surface area contributed by atoms with E-state index in [4.69, 9.17) is 0 Å². The molecule has 7 rings (SSSR count). The summed E-state index contributed by atoms with van der Waals surface area (Å²) in [6.07, 6.45) is 16.9. The van der Waals surface area contributed by atoms with Crippen LogP contribution in [0.15, 0.2) is 170 Å². The summed E-state index contributed by atoms with van der Waals surface area (Å²) in [4.78, 5) is 22.8. The zero-order chi connectivity index (χ0) is 29.0. The summed E-state index contributed by atoms with van der Waals surface area (Å²) in [5, 5.41) is 3.27. The van der Waals surface area contributed by atoms with Gasteiger partial charge in [0.05, 0.1) is 16.8 Å². The van der Waals surface area contributed by atoms with Crippen LogP contribution < -0.4 is 9.88 Å². The number of hydrogen-bond donors (Lipinski definition) is 1. The molecule has 5 aromatic rings. The summed E-state index contributed by atoms with van der Waals surface area (Å²) < 4.78 is 2.24. The second kappa shape index (κ2) is 11.5. The van der Waals surface area contributed by atoms with Crippen molar-refractivity contribution in [2.24, 2.45) is 0 Å². The van der Waals surface area contributed by atoms with Crippen LogP contribution in [0.4, 0.5) is 0 Å². The van der Waals surface area contributed by atoms with Gasteiger partial charge < -0.3 is 5.32 Å². The molecule has 43 heavy (non-hydrogen) atoms. The van der Waals surface area contributed by atoms with E-state index in [1.165, 1.54) is 0 Å².